The molecule has 0 spiro atoms. The van der Waals surface area contributed by atoms with Crippen LogP contribution in [-0.2, 0) is 11.3 Å². The number of hydrogen-bond acceptors (Lipinski definition) is 5. The minimum absolute atomic E-state index is 0.0109. The fraction of sp³-hybridized carbons (Fsp3) is 0.375. The van der Waals surface area contributed by atoms with Crippen LogP contribution in [0.4, 0.5) is 18.9 Å². The van der Waals surface area contributed by atoms with Gasteiger partial charge in [-0.25, -0.2) is 4.79 Å². The number of ether oxygens (including phenoxy) is 2. The number of rotatable bonds is 8. The first kappa shape index (κ1) is 26.8. The Bertz CT molecular complexity index is 1630. The SMILES string of the molecule is O=C(O)c1cnc2c(N3C4CCC3CC(OCc3c(-c5ccccc5OC(F)(F)F)c[nH]c3C3CC3)C4)cccc2c1. The number of piperidine rings is 1. The molecule has 4 heterocycles. The number of aromatic carboxylic acids is 1. The molecule has 0 radical (unpaired) electrons. The quantitative estimate of drug-likeness (QED) is 0.227. The summed E-state index contributed by atoms with van der Waals surface area (Å²) >= 11 is 0. The Kier molecular flexibility index (Phi) is 6.61. The highest BCUT2D eigenvalue weighted by Gasteiger charge is 2.42. The zero-order chi connectivity index (χ0) is 29.0. The van der Waals surface area contributed by atoms with Crippen LogP contribution in [0.5, 0.6) is 5.75 Å². The molecule has 1 aliphatic carbocycles. The van der Waals surface area contributed by atoms with Crippen molar-refractivity contribution in [1.29, 1.82) is 0 Å². The van der Waals surface area contributed by atoms with Gasteiger partial charge in [-0.05, 0) is 62.6 Å². The van der Waals surface area contributed by atoms with E-state index in [-0.39, 0.29) is 29.5 Å². The van der Waals surface area contributed by atoms with E-state index < -0.39 is 12.3 Å². The van der Waals surface area contributed by atoms with E-state index in [0.717, 1.165) is 66.4 Å². The summed E-state index contributed by atoms with van der Waals surface area (Å²) in [6.45, 7) is 0.308. The molecule has 3 fully saturated rings. The predicted molar refractivity (Wildman–Crippen MR) is 151 cm³/mol. The predicted octanol–water partition coefficient (Wildman–Crippen LogP) is 7.42. The molecule has 1 saturated carbocycles. The van der Waals surface area contributed by atoms with Crippen LogP contribution in [0.1, 0.15) is 66.1 Å². The van der Waals surface area contributed by atoms with E-state index in [1.165, 1.54) is 18.3 Å². The van der Waals surface area contributed by atoms with Gasteiger partial charge >= 0.3 is 12.3 Å². The maximum atomic E-state index is 13.2. The van der Waals surface area contributed by atoms with E-state index in [9.17, 15) is 23.1 Å². The molecule has 2 aliphatic heterocycles. The molecule has 2 N–H and O–H groups in total. The second-order valence-corrected chi connectivity index (χ2v) is 11.5. The molecule has 10 heteroatoms. The van der Waals surface area contributed by atoms with Crippen molar-refractivity contribution in [3.8, 4) is 16.9 Å². The Hall–Kier alpha value is -4.05. The van der Waals surface area contributed by atoms with Crippen molar-refractivity contribution in [3.63, 3.8) is 0 Å². The molecule has 0 amide bonds. The molecule has 2 bridgehead atoms. The Morgan fingerprint density at radius 1 is 1.02 bits per heavy atom. The van der Waals surface area contributed by atoms with Crippen LogP contribution >= 0.6 is 0 Å². The molecule has 42 heavy (non-hydrogen) atoms. The van der Waals surface area contributed by atoms with E-state index >= 15 is 0 Å². The Morgan fingerprint density at radius 2 is 1.79 bits per heavy atom. The molecule has 7 nitrogen and oxygen atoms in total. The van der Waals surface area contributed by atoms with Crippen LogP contribution in [0.3, 0.4) is 0 Å². The number of hydrogen-bond donors (Lipinski definition) is 2. The number of H-pyrrole nitrogens is 1. The number of halogens is 3. The number of para-hydroxylation sites is 2. The molecular formula is C32H30F3N3O4. The third-order valence-electron chi connectivity index (χ3n) is 8.78. The summed E-state index contributed by atoms with van der Waals surface area (Å²) in [4.78, 5) is 21.7. The number of aromatic amines is 1. The van der Waals surface area contributed by atoms with Gasteiger partial charge in [0.15, 0.2) is 0 Å². The van der Waals surface area contributed by atoms with Gasteiger partial charge in [-0.1, -0.05) is 30.3 Å². The molecular weight excluding hydrogens is 547 g/mol. The number of nitrogens with one attached hydrogen (secondary N) is 1. The maximum absolute atomic E-state index is 13.2. The third-order valence-corrected chi connectivity index (χ3v) is 8.78. The maximum Gasteiger partial charge on any atom is 0.573 e. The lowest BCUT2D eigenvalue weighted by Crippen LogP contribution is -2.45. The van der Waals surface area contributed by atoms with Crippen LogP contribution < -0.4 is 9.64 Å². The molecule has 3 aliphatic rings. The number of benzene rings is 2. The fourth-order valence-corrected chi connectivity index (χ4v) is 6.83. The highest BCUT2D eigenvalue weighted by Crippen LogP contribution is 2.47. The summed E-state index contributed by atoms with van der Waals surface area (Å²) in [6.07, 6.45) is 4.21. The summed E-state index contributed by atoms with van der Waals surface area (Å²) in [6, 6.07) is 14.3. The van der Waals surface area contributed by atoms with Gasteiger partial charge in [0.1, 0.15) is 5.75 Å². The number of carbonyl (C=O) groups is 1. The summed E-state index contributed by atoms with van der Waals surface area (Å²) < 4.78 is 50.4. The number of fused-ring (bicyclic) bond motifs is 3. The standard InChI is InChI=1S/C32H30F3N3O4/c33-32(34,35)42-28-7-2-1-5-24(28)25-16-37-29(18-8-9-18)26(25)17-41-23-13-21-10-11-22(14-23)38(21)27-6-3-4-19-12-20(31(39)40)15-36-30(19)27/h1-7,12,15-16,18,21-23,37H,8-11,13-14,17H2,(H,39,40). The summed E-state index contributed by atoms with van der Waals surface area (Å²) in [5, 5.41) is 10.2. The fourth-order valence-electron chi connectivity index (χ4n) is 6.83. The minimum atomic E-state index is -4.78. The number of carboxylic acid groups (broad SMARTS) is 1. The first-order valence-electron chi connectivity index (χ1n) is 14.3. The van der Waals surface area contributed by atoms with Gasteiger partial charge in [0, 0.05) is 52.2 Å². The van der Waals surface area contributed by atoms with Gasteiger partial charge < -0.3 is 24.5 Å². The normalized spacial score (nSPS) is 22.1. The van der Waals surface area contributed by atoms with E-state index in [4.69, 9.17) is 4.74 Å². The zero-order valence-electron chi connectivity index (χ0n) is 22.7. The smallest absolute Gasteiger partial charge is 0.478 e. The van der Waals surface area contributed by atoms with Gasteiger partial charge in [-0.3, -0.25) is 4.98 Å². The van der Waals surface area contributed by atoms with Gasteiger partial charge in [0.2, 0.25) is 0 Å². The lowest BCUT2D eigenvalue weighted by molar-refractivity contribution is -0.274. The first-order valence-corrected chi connectivity index (χ1v) is 14.3. The number of nitrogens with zero attached hydrogens (tertiary/aromatic N) is 2. The van der Waals surface area contributed by atoms with Crippen LogP contribution in [-0.4, -0.2) is 45.6 Å². The Balaban J connectivity index is 1.11. The van der Waals surface area contributed by atoms with Crippen molar-refractivity contribution in [2.75, 3.05) is 4.90 Å². The second-order valence-electron chi connectivity index (χ2n) is 11.5. The van der Waals surface area contributed by atoms with Gasteiger partial charge in [-0.2, -0.15) is 0 Å². The minimum Gasteiger partial charge on any atom is -0.478 e. The van der Waals surface area contributed by atoms with Gasteiger partial charge in [0.05, 0.1) is 29.5 Å². The van der Waals surface area contributed by atoms with E-state index in [2.05, 4.69) is 25.7 Å². The number of alkyl halides is 3. The molecule has 2 atom stereocenters. The third kappa shape index (κ3) is 5.08. The second kappa shape index (κ2) is 10.3. The van der Waals surface area contributed by atoms with Crippen LogP contribution in [0.15, 0.2) is 60.9 Å². The van der Waals surface area contributed by atoms with Crippen molar-refractivity contribution in [2.24, 2.45) is 0 Å². The van der Waals surface area contributed by atoms with E-state index in [1.807, 2.05) is 12.1 Å². The van der Waals surface area contributed by atoms with Crippen molar-refractivity contribution < 1.29 is 32.5 Å². The zero-order valence-corrected chi connectivity index (χ0v) is 22.7. The molecule has 2 saturated heterocycles. The lowest BCUT2D eigenvalue weighted by Gasteiger charge is -2.40. The largest absolute Gasteiger partial charge is 0.573 e. The molecule has 7 rings (SSSR count). The summed E-state index contributed by atoms with van der Waals surface area (Å²) in [5.41, 5.74) is 4.98. The molecule has 2 unspecified atom stereocenters. The lowest BCUT2D eigenvalue weighted by atomic mass is 9.97. The van der Waals surface area contributed by atoms with Crippen LogP contribution in [0.2, 0.25) is 0 Å². The number of pyridine rings is 1. The highest BCUT2D eigenvalue weighted by atomic mass is 19.4. The highest BCUT2D eigenvalue weighted by molar-refractivity contribution is 5.97. The van der Waals surface area contributed by atoms with E-state index in [0.29, 0.717) is 23.7 Å². The Labute approximate surface area is 240 Å². The van der Waals surface area contributed by atoms with Gasteiger partial charge in [0.25, 0.3) is 0 Å². The van der Waals surface area contributed by atoms with Crippen molar-refractivity contribution in [2.45, 2.75) is 75.6 Å². The monoisotopic (exact) mass is 577 g/mol. The molecule has 218 valence electrons. The number of carboxylic acids is 1. The summed E-state index contributed by atoms with van der Waals surface area (Å²) in [7, 11) is 0. The average molecular weight is 578 g/mol. The number of aromatic nitrogens is 2. The molecule has 2 aromatic heterocycles. The topological polar surface area (TPSA) is 87.7 Å². The van der Waals surface area contributed by atoms with Crippen molar-refractivity contribution in [3.05, 3.63) is 77.7 Å². The number of anilines is 1. The van der Waals surface area contributed by atoms with Crippen LogP contribution in [0, 0.1) is 0 Å². The molecule has 4 aromatic rings. The van der Waals surface area contributed by atoms with Crippen molar-refractivity contribution in [1.82, 2.24) is 9.97 Å². The van der Waals surface area contributed by atoms with Gasteiger partial charge in [-0.15, -0.1) is 13.2 Å². The average Bonchev–Trinajstić information content (AvgIpc) is 3.66. The van der Waals surface area contributed by atoms with Crippen molar-refractivity contribution >= 4 is 22.6 Å². The molecule has 2 aromatic carbocycles. The first-order chi connectivity index (χ1) is 20.2. The van der Waals surface area contributed by atoms with Crippen LogP contribution in [0.25, 0.3) is 22.0 Å². The Morgan fingerprint density at radius 3 is 2.50 bits per heavy atom. The van der Waals surface area contributed by atoms with E-state index in [1.54, 1.807) is 24.4 Å². The summed E-state index contributed by atoms with van der Waals surface area (Å²) in [5.74, 6) is -0.857.